The Morgan fingerprint density at radius 2 is 1.76 bits per heavy atom. The Labute approximate surface area is 94.7 Å². The summed E-state index contributed by atoms with van der Waals surface area (Å²) >= 11 is 0. The minimum Gasteiger partial charge on any atom is -0.451 e. The summed E-state index contributed by atoms with van der Waals surface area (Å²) in [5.41, 5.74) is 0.644. The molecule has 1 aromatic heterocycles. The van der Waals surface area contributed by atoms with Crippen molar-refractivity contribution < 1.29 is 17.6 Å². The van der Waals surface area contributed by atoms with Crippen LogP contribution in [0.5, 0.6) is 0 Å². The summed E-state index contributed by atoms with van der Waals surface area (Å²) in [6.45, 7) is 3.38. The van der Waals surface area contributed by atoms with Crippen LogP contribution in [0.4, 0.5) is 13.2 Å². The van der Waals surface area contributed by atoms with E-state index >= 15 is 0 Å². The second-order valence-corrected chi connectivity index (χ2v) is 3.93. The molecule has 17 heavy (non-hydrogen) atoms. The molecule has 0 bridgehead atoms. The molecule has 0 amide bonds. The maximum atomic E-state index is 12.5. The van der Waals surface area contributed by atoms with Crippen LogP contribution in [0.2, 0.25) is 0 Å². The van der Waals surface area contributed by atoms with Gasteiger partial charge < -0.3 is 4.42 Å². The number of aryl methyl sites for hydroxylation is 2. The Hall–Kier alpha value is -1.78. The first-order valence-corrected chi connectivity index (χ1v) is 4.91. The van der Waals surface area contributed by atoms with Gasteiger partial charge in [-0.2, -0.15) is 13.2 Å². The molecule has 0 spiro atoms. The fourth-order valence-electron chi connectivity index (χ4n) is 1.75. The molecule has 0 atom stereocenters. The third-order valence-corrected chi connectivity index (χ3v) is 2.44. The van der Waals surface area contributed by atoms with Crippen LogP contribution in [0.3, 0.4) is 0 Å². The molecule has 0 saturated heterocycles. The average molecular weight is 242 g/mol. The minimum absolute atomic E-state index is 0.00424. The third-order valence-electron chi connectivity index (χ3n) is 2.44. The van der Waals surface area contributed by atoms with Gasteiger partial charge in [-0.05, 0) is 31.0 Å². The van der Waals surface area contributed by atoms with E-state index in [-0.39, 0.29) is 11.0 Å². The summed E-state index contributed by atoms with van der Waals surface area (Å²) in [4.78, 5) is 11.6. The highest BCUT2D eigenvalue weighted by atomic mass is 19.4. The van der Waals surface area contributed by atoms with Crippen molar-refractivity contribution in [2.24, 2.45) is 0 Å². The van der Waals surface area contributed by atoms with E-state index in [1.807, 2.05) is 0 Å². The molecule has 1 aromatic carbocycles. The van der Waals surface area contributed by atoms with Crippen LogP contribution in [0.15, 0.2) is 27.4 Å². The molecule has 1 heterocycles. The lowest BCUT2D eigenvalue weighted by atomic mass is 10.1. The maximum Gasteiger partial charge on any atom is 0.449 e. The van der Waals surface area contributed by atoms with Crippen molar-refractivity contribution in [3.63, 3.8) is 0 Å². The molecule has 0 unspecified atom stereocenters. The third kappa shape index (κ3) is 2.05. The Morgan fingerprint density at radius 1 is 1.12 bits per heavy atom. The maximum absolute atomic E-state index is 12.5. The number of halogens is 3. The molecule has 0 radical (unpaired) electrons. The number of benzene rings is 1. The monoisotopic (exact) mass is 242 g/mol. The van der Waals surface area contributed by atoms with E-state index in [4.69, 9.17) is 4.42 Å². The zero-order valence-corrected chi connectivity index (χ0v) is 9.18. The van der Waals surface area contributed by atoms with Gasteiger partial charge in [0.1, 0.15) is 5.58 Å². The topological polar surface area (TPSA) is 30.2 Å². The van der Waals surface area contributed by atoms with Gasteiger partial charge in [-0.3, -0.25) is 4.79 Å². The second-order valence-electron chi connectivity index (χ2n) is 3.93. The lowest BCUT2D eigenvalue weighted by Gasteiger charge is -2.08. The Balaban J connectivity index is 2.88. The van der Waals surface area contributed by atoms with Crippen LogP contribution in [-0.4, -0.2) is 0 Å². The second kappa shape index (κ2) is 3.61. The number of alkyl halides is 3. The van der Waals surface area contributed by atoms with Gasteiger partial charge in [0, 0.05) is 6.07 Å². The van der Waals surface area contributed by atoms with E-state index in [0.717, 1.165) is 5.56 Å². The summed E-state index contributed by atoms with van der Waals surface area (Å²) in [6.07, 6.45) is -4.65. The molecule has 0 fully saturated rings. The smallest absolute Gasteiger partial charge is 0.449 e. The minimum atomic E-state index is -4.65. The van der Waals surface area contributed by atoms with E-state index in [2.05, 4.69) is 0 Å². The molecule has 0 N–H and O–H groups in total. The van der Waals surface area contributed by atoms with E-state index in [1.54, 1.807) is 19.9 Å². The molecule has 2 nitrogen and oxygen atoms in total. The van der Waals surface area contributed by atoms with Crippen LogP contribution < -0.4 is 5.43 Å². The van der Waals surface area contributed by atoms with Gasteiger partial charge in [0.15, 0.2) is 5.43 Å². The number of hydrogen-bond donors (Lipinski definition) is 0. The largest absolute Gasteiger partial charge is 0.451 e. The molecule has 2 rings (SSSR count). The van der Waals surface area contributed by atoms with E-state index in [1.165, 1.54) is 6.07 Å². The van der Waals surface area contributed by atoms with Gasteiger partial charge in [-0.1, -0.05) is 6.07 Å². The highest BCUT2D eigenvalue weighted by molar-refractivity contribution is 5.80. The molecule has 5 heteroatoms. The Bertz CT molecular complexity index is 638. The molecule has 2 aromatic rings. The zero-order chi connectivity index (χ0) is 12.8. The quantitative estimate of drug-likeness (QED) is 0.708. The normalized spacial score (nSPS) is 12.1. The van der Waals surface area contributed by atoms with Crippen molar-refractivity contribution in [3.05, 3.63) is 45.3 Å². The van der Waals surface area contributed by atoms with Crippen LogP contribution >= 0.6 is 0 Å². The first-order chi connectivity index (χ1) is 7.79. The van der Waals surface area contributed by atoms with Gasteiger partial charge in [-0.25, -0.2) is 0 Å². The fraction of sp³-hybridized carbons (Fsp3) is 0.250. The predicted molar refractivity (Wildman–Crippen MR) is 57.0 cm³/mol. The van der Waals surface area contributed by atoms with Crippen molar-refractivity contribution >= 4 is 11.0 Å². The first kappa shape index (κ1) is 11.7. The van der Waals surface area contributed by atoms with Gasteiger partial charge in [0.2, 0.25) is 5.76 Å². The van der Waals surface area contributed by atoms with Crippen molar-refractivity contribution in [2.45, 2.75) is 20.0 Å². The van der Waals surface area contributed by atoms with E-state index < -0.39 is 17.4 Å². The number of rotatable bonds is 0. The molecular weight excluding hydrogens is 233 g/mol. The molecule has 0 aliphatic rings. The highest BCUT2D eigenvalue weighted by Gasteiger charge is 2.35. The van der Waals surface area contributed by atoms with Gasteiger partial charge >= 0.3 is 6.18 Å². The van der Waals surface area contributed by atoms with E-state index in [9.17, 15) is 18.0 Å². The summed E-state index contributed by atoms with van der Waals surface area (Å²) in [5, 5.41) is 0.176. The lowest BCUT2D eigenvalue weighted by Crippen LogP contribution is -2.11. The highest BCUT2D eigenvalue weighted by Crippen LogP contribution is 2.31. The van der Waals surface area contributed by atoms with Crippen molar-refractivity contribution in [1.29, 1.82) is 0 Å². The van der Waals surface area contributed by atoms with Crippen LogP contribution in [-0.2, 0) is 6.18 Å². The van der Waals surface area contributed by atoms with Crippen molar-refractivity contribution in [2.75, 3.05) is 0 Å². The predicted octanol–water partition coefficient (Wildman–Crippen LogP) is 3.43. The molecular formula is C12H9F3O2. The van der Waals surface area contributed by atoms with E-state index in [0.29, 0.717) is 11.6 Å². The summed E-state index contributed by atoms with van der Waals surface area (Å²) < 4.78 is 42.2. The van der Waals surface area contributed by atoms with Gasteiger partial charge in [-0.15, -0.1) is 0 Å². The lowest BCUT2D eigenvalue weighted by molar-refractivity contribution is -0.152. The van der Waals surface area contributed by atoms with Gasteiger partial charge in [0.05, 0.1) is 5.39 Å². The van der Waals surface area contributed by atoms with Gasteiger partial charge in [0.25, 0.3) is 0 Å². The number of hydrogen-bond acceptors (Lipinski definition) is 2. The molecule has 0 aliphatic carbocycles. The standard InChI is InChI=1S/C12H9F3O2/c1-6-3-7(2)11-8(4-6)9(16)5-10(17-11)12(13,14)15/h3-5H,1-2H3. The van der Waals surface area contributed by atoms with Crippen LogP contribution in [0.1, 0.15) is 16.9 Å². The summed E-state index contributed by atoms with van der Waals surface area (Å²) in [5.74, 6) is -1.26. The Morgan fingerprint density at radius 3 is 2.35 bits per heavy atom. The van der Waals surface area contributed by atoms with Crippen LogP contribution in [0, 0.1) is 13.8 Å². The fourth-order valence-corrected chi connectivity index (χ4v) is 1.75. The van der Waals surface area contributed by atoms with Crippen molar-refractivity contribution in [1.82, 2.24) is 0 Å². The average Bonchev–Trinajstić information content (AvgIpc) is 2.17. The first-order valence-electron chi connectivity index (χ1n) is 4.91. The van der Waals surface area contributed by atoms with Crippen molar-refractivity contribution in [3.8, 4) is 0 Å². The zero-order valence-electron chi connectivity index (χ0n) is 9.18. The molecule has 90 valence electrons. The summed E-state index contributed by atoms with van der Waals surface area (Å²) in [6, 6.07) is 3.68. The number of fused-ring (bicyclic) bond motifs is 1. The molecule has 0 saturated carbocycles. The Kier molecular flexibility index (Phi) is 2.49. The van der Waals surface area contributed by atoms with Crippen LogP contribution in [0.25, 0.3) is 11.0 Å². The molecule has 0 aliphatic heterocycles. The SMILES string of the molecule is Cc1cc(C)c2oc(C(F)(F)F)cc(=O)c2c1. The summed E-state index contributed by atoms with van der Waals surface area (Å²) in [7, 11) is 0.